The van der Waals surface area contributed by atoms with Gasteiger partial charge in [0.25, 0.3) is 7.82 Å². The first-order chi connectivity index (χ1) is 38.4. The maximum absolute atomic E-state index is 13.5. The van der Waals surface area contributed by atoms with Crippen molar-refractivity contribution in [2.75, 3.05) is 40.9 Å². The molecule has 10 heteroatoms. The van der Waals surface area contributed by atoms with E-state index in [1.54, 1.807) is 0 Å². The van der Waals surface area contributed by atoms with Gasteiger partial charge in [-0.05, 0) is 102 Å². The largest absolute Gasteiger partial charge is 0.756 e. The van der Waals surface area contributed by atoms with E-state index in [9.17, 15) is 19.0 Å². The van der Waals surface area contributed by atoms with Crippen LogP contribution in [0.25, 0.3) is 0 Å². The van der Waals surface area contributed by atoms with Gasteiger partial charge in [-0.1, -0.05) is 260 Å². The standard InChI is InChI=1S/C69H125N2O7P/c1-7-10-13-16-19-22-25-28-29-30-31-32-33-34-35-36-37-38-39-40-41-44-47-50-53-56-59-62-69(73)78-67(60-57-54-51-48-45-42-26-23-20-17-14-11-8-2)66(65-77-79(74,75)76-64-63-71(4,5)6)70-68(72)61-58-55-52-49-46-43-27-24-21-18-15-12-9-3/h10,13,19,22,28-29,31-32,34-35,43,46,57,60,66-67H,7-9,11-12,14-18,20-21,23-27,30,33,36-42,44-45,47-56,58-59,61-65H2,1-6H3,(H-,70,72,74,75)/b13-10-,22-19-,29-28-,32-31-,35-34-,46-43-,60-57-. The minimum absolute atomic E-state index is 0.0275. The Bertz CT molecular complexity index is 1630. The van der Waals surface area contributed by atoms with Crippen LogP contribution in [0.1, 0.15) is 290 Å². The fraction of sp³-hybridized carbons (Fsp3) is 0.768. The number of likely N-dealkylation sites (N-methyl/N-ethyl adjacent to an activating group) is 1. The highest BCUT2D eigenvalue weighted by Gasteiger charge is 2.27. The molecule has 79 heavy (non-hydrogen) atoms. The summed E-state index contributed by atoms with van der Waals surface area (Å²) in [7, 11) is 1.17. The van der Waals surface area contributed by atoms with E-state index in [0.717, 1.165) is 103 Å². The Hall–Kier alpha value is -2.81. The Kier molecular flexibility index (Phi) is 56.3. The van der Waals surface area contributed by atoms with Gasteiger partial charge in [-0.2, -0.15) is 0 Å². The molecule has 0 saturated heterocycles. The van der Waals surface area contributed by atoms with Crippen molar-refractivity contribution in [3.05, 3.63) is 85.1 Å². The summed E-state index contributed by atoms with van der Waals surface area (Å²) in [5, 5.41) is 3.02. The molecule has 1 N–H and O–H groups in total. The highest BCUT2D eigenvalue weighted by molar-refractivity contribution is 7.45. The molecular weight excluding hydrogens is 1000 g/mol. The normalized spacial score (nSPS) is 14.2. The summed E-state index contributed by atoms with van der Waals surface area (Å²) in [5.74, 6) is -0.560. The molecule has 0 aliphatic heterocycles. The van der Waals surface area contributed by atoms with Crippen LogP contribution in [0, 0.1) is 0 Å². The summed E-state index contributed by atoms with van der Waals surface area (Å²) in [5.41, 5.74) is 0. The number of allylic oxidation sites excluding steroid dienone is 13. The number of amides is 1. The number of nitrogens with one attached hydrogen (secondary N) is 1. The second kappa shape index (κ2) is 58.4. The van der Waals surface area contributed by atoms with Crippen molar-refractivity contribution in [2.24, 2.45) is 0 Å². The zero-order valence-electron chi connectivity index (χ0n) is 52.3. The van der Waals surface area contributed by atoms with Gasteiger partial charge in [-0.3, -0.25) is 14.2 Å². The van der Waals surface area contributed by atoms with Crippen LogP contribution in [0.5, 0.6) is 0 Å². The highest BCUT2D eigenvalue weighted by Crippen LogP contribution is 2.38. The van der Waals surface area contributed by atoms with Crippen molar-refractivity contribution >= 4 is 19.7 Å². The van der Waals surface area contributed by atoms with Crippen LogP contribution in [0.3, 0.4) is 0 Å². The predicted octanol–water partition coefficient (Wildman–Crippen LogP) is 19.9. The molecule has 1 amide bonds. The number of carbonyl (C=O) groups excluding carboxylic acids is 2. The number of hydrogen-bond donors (Lipinski definition) is 1. The molecule has 0 rings (SSSR count). The second-order valence-electron chi connectivity index (χ2n) is 23.2. The van der Waals surface area contributed by atoms with E-state index in [2.05, 4.69) is 99.0 Å². The molecule has 0 aliphatic carbocycles. The zero-order valence-corrected chi connectivity index (χ0v) is 53.2. The summed E-state index contributed by atoms with van der Waals surface area (Å²) in [4.78, 5) is 40.0. The van der Waals surface area contributed by atoms with E-state index in [1.807, 2.05) is 33.3 Å². The second-order valence-corrected chi connectivity index (χ2v) is 24.6. The molecule has 0 aromatic heterocycles. The summed E-state index contributed by atoms with van der Waals surface area (Å²) in [6.07, 6.45) is 77.0. The molecule has 458 valence electrons. The lowest BCUT2D eigenvalue weighted by atomic mass is 10.0. The van der Waals surface area contributed by atoms with Crippen molar-refractivity contribution in [2.45, 2.75) is 303 Å². The van der Waals surface area contributed by atoms with Crippen LogP contribution in [0.4, 0.5) is 0 Å². The number of phosphoric ester groups is 1. The first-order valence-corrected chi connectivity index (χ1v) is 34.4. The van der Waals surface area contributed by atoms with Gasteiger partial charge in [-0.15, -0.1) is 0 Å². The van der Waals surface area contributed by atoms with E-state index < -0.39 is 26.6 Å². The van der Waals surface area contributed by atoms with Crippen LogP contribution >= 0.6 is 7.82 Å². The van der Waals surface area contributed by atoms with Crippen LogP contribution in [0.15, 0.2) is 85.1 Å². The van der Waals surface area contributed by atoms with Gasteiger partial charge in [0.2, 0.25) is 5.91 Å². The van der Waals surface area contributed by atoms with Crippen molar-refractivity contribution in [1.29, 1.82) is 0 Å². The van der Waals surface area contributed by atoms with Gasteiger partial charge >= 0.3 is 5.97 Å². The monoisotopic (exact) mass is 1120 g/mol. The minimum Gasteiger partial charge on any atom is -0.756 e. The number of ether oxygens (including phenoxy) is 1. The number of hydrogen-bond acceptors (Lipinski definition) is 7. The van der Waals surface area contributed by atoms with Crippen LogP contribution in [-0.2, 0) is 27.9 Å². The molecule has 0 bridgehead atoms. The first kappa shape index (κ1) is 76.2. The molecule has 0 aromatic rings. The van der Waals surface area contributed by atoms with Gasteiger partial charge < -0.3 is 28.5 Å². The molecule has 9 nitrogen and oxygen atoms in total. The maximum Gasteiger partial charge on any atom is 0.306 e. The molecule has 0 spiro atoms. The summed E-state index contributed by atoms with van der Waals surface area (Å²) in [6, 6.07) is -0.900. The lowest BCUT2D eigenvalue weighted by Crippen LogP contribution is -2.47. The number of esters is 1. The summed E-state index contributed by atoms with van der Waals surface area (Å²) < 4.78 is 30.3. The quantitative estimate of drug-likeness (QED) is 0.0212. The molecule has 0 saturated carbocycles. The third-order valence-corrected chi connectivity index (χ3v) is 15.3. The van der Waals surface area contributed by atoms with E-state index in [4.69, 9.17) is 13.8 Å². The fourth-order valence-electron chi connectivity index (χ4n) is 9.25. The van der Waals surface area contributed by atoms with Crippen LogP contribution in [-0.4, -0.2) is 69.4 Å². The molecule has 0 aliphatic rings. The molecule has 0 radical (unpaired) electrons. The number of quaternary nitrogens is 1. The van der Waals surface area contributed by atoms with E-state index >= 15 is 0 Å². The van der Waals surface area contributed by atoms with Crippen molar-refractivity contribution in [1.82, 2.24) is 5.32 Å². The Morgan fingerprint density at radius 3 is 1.24 bits per heavy atom. The number of unbranched alkanes of at least 4 members (excludes halogenated alkanes) is 31. The number of nitrogens with zero attached hydrogens (tertiary/aromatic N) is 1. The molecular formula is C69H125N2O7P. The van der Waals surface area contributed by atoms with Crippen molar-refractivity contribution in [3.63, 3.8) is 0 Å². The van der Waals surface area contributed by atoms with Crippen LogP contribution < -0.4 is 10.2 Å². The Balaban J connectivity index is 5.10. The van der Waals surface area contributed by atoms with Gasteiger partial charge in [0.15, 0.2) is 0 Å². The number of rotatable bonds is 59. The summed E-state index contributed by atoms with van der Waals surface area (Å²) >= 11 is 0. The number of carbonyl (C=O) groups is 2. The molecule has 0 fully saturated rings. The van der Waals surface area contributed by atoms with Gasteiger partial charge in [0, 0.05) is 12.8 Å². The Labute approximate surface area is 488 Å². The average Bonchev–Trinajstić information content (AvgIpc) is 3.41. The zero-order chi connectivity index (χ0) is 57.9. The lowest BCUT2D eigenvalue weighted by molar-refractivity contribution is -0.870. The third kappa shape index (κ3) is 59.6. The summed E-state index contributed by atoms with van der Waals surface area (Å²) in [6.45, 7) is 6.72. The van der Waals surface area contributed by atoms with Crippen LogP contribution in [0.2, 0.25) is 0 Å². The van der Waals surface area contributed by atoms with E-state index in [1.165, 1.54) is 148 Å². The third-order valence-electron chi connectivity index (χ3n) is 14.3. The Morgan fingerprint density at radius 2 is 0.810 bits per heavy atom. The van der Waals surface area contributed by atoms with Gasteiger partial charge in [-0.25, -0.2) is 0 Å². The smallest absolute Gasteiger partial charge is 0.306 e. The van der Waals surface area contributed by atoms with Crippen molar-refractivity contribution in [3.8, 4) is 0 Å². The fourth-order valence-corrected chi connectivity index (χ4v) is 9.97. The topological polar surface area (TPSA) is 114 Å². The average molecular weight is 1130 g/mol. The Morgan fingerprint density at radius 1 is 0.456 bits per heavy atom. The van der Waals surface area contributed by atoms with E-state index in [0.29, 0.717) is 23.9 Å². The first-order valence-electron chi connectivity index (χ1n) is 32.9. The highest BCUT2D eigenvalue weighted by atomic mass is 31.2. The molecule has 3 atom stereocenters. The lowest BCUT2D eigenvalue weighted by Gasteiger charge is -2.30. The molecule has 0 heterocycles. The SMILES string of the molecule is CC/C=C\C/C=C\C/C=C\C/C=C\C/C=C\CCCCCCCCCCCCCC(=O)OC(/C=C\CCCCCCCCCCCCC)C(COP(=O)([O-])OCC[N+](C)(C)C)NC(=O)CCCCC/C=C\CCCCCCCC. The van der Waals surface area contributed by atoms with Crippen molar-refractivity contribution < 1.29 is 37.3 Å². The van der Waals surface area contributed by atoms with Gasteiger partial charge in [0.05, 0.1) is 33.8 Å². The molecule has 0 aromatic carbocycles. The van der Waals surface area contributed by atoms with E-state index in [-0.39, 0.29) is 24.9 Å². The molecule has 3 unspecified atom stereocenters. The number of phosphoric acid groups is 1. The minimum atomic E-state index is -4.71. The maximum atomic E-state index is 13.5. The van der Waals surface area contributed by atoms with Gasteiger partial charge in [0.1, 0.15) is 19.3 Å². The predicted molar refractivity (Wildman–Crippen MR) is 339 cm³/mol.